The Kier molecular flexibility index (Phi) is 7.32. The van der Waals surface area contributed by atoms with Crippen LogP contribution in [0.25, 0.3) is 0 Å². The first kappa shape index (κ1) is 14.9. The molecule has 0 N–H and O–H groups in total. The van der Waals surface area contributed by atoms with Crippen LogP contribution < -0.4 is 4.74 Å². The van der Waals surface area contributed by atoms with Crippen molar-refractivity contribution in [2.45, 2.75) is 19.8 Å². The number of hydrogen-bond donors (Lipinski definition) is 0. The molecule has 0 aliphatic carbocycles. The van der Waals surface area contributed by atoms with Crippen LogP contribution in [0.3, 0.4) is 0 Å². The van der Waals surface area contributed by atoms with E-state index in [4.69, 9.17) is 21.1 Å². The Morgan fingerprint density at radius 1 is 1.22 bits per heavy atom. The summed E-state index contributed by atoms with van der Waals surface area (Å²) in [6.45, 7) is 3.49. The molecule has 98 valence electrons. The minimum Gasteiger partial charge on any atom is -0.492 e. The maximum absolute atomic E-state index is 5.73. The van der Waals surface area contributed by atoms with E-state index in [9.17, 15) is 0 Å². The summed E-state index contributed by atoms with van der Waals surface area (Å²) < 4.78 is 10.7. The van der Waals surface area contributed by atoms with Crippen LogP contribution in [0.2, 0.25) is 0 Å². The van der Waals surface area contributed by atoms with Crippen LogP contribution in [0.5, 0.6) is 5.75 Å². The summed E-state index contributed by atoms with van der Waals surface area (Å²) in [5.41, 5.74) is 2.07. The van der Waals surface area contributed by atoms with Gasteiger partial charge in [-0.25, -0.2) is 0 Å². The Morgan fingerprint density at radius 3 is 2.72 bits per heavy atom. The summed E-state index contributed by atoms with van der Waals surface area (Å²) in [7, 11) is 1.71. The Balaban J connectivity index is 2.58. The van der Waals surface area contributed by atoms with Crippen molar-refractivity contribution in [2.24, 2.45) is 0 Å². The molecule has 18 heavy (non-hydrogen) atoms. The Labute approximate surface area is 114 Å². The minimum absolute atomic E-state index is 0.335. The summed E-state index contributed by atoms with van der Waals surface area (Å²) >= 11 is 5.58. The zero-order valence-corrected chi connectivity index (χ0v) is 11.7. The number of aryl methyl sites for hydroxylation is 1. The molecule has 0 amide bonds. The lowest BCUT2D eigenvalue weighted by molar-refractivity contribution is 0.184. The van der Waals surface area contributed by atoms with Gasteiger partial charge in [-0.2, -0.15) is 0 Å². The van der Waals surface area contributed by atoms with Crippen molar-refractivity contribution in [3.8, 4) is 17.6 Å². The van der Waals surface area contributed by atoms with Gasteiger partial charge in [-0.1, -0.05) is 17.9 Å². The number of benzene rings is 1. The first-order valence-electron chi connectivity index (χ1n) is 6.05. The number of rotatable bonds is 6. The van der Waals surface area contributed by atoms with Gasteiger partial charge in [0.2, 0.25) is 0 Å². The highest BCUT2D eigenvalue weighted by atomic mass is 35.5. The lowest BCUT2D eigenvalue weighted by Gasteiger charge is -2.08. The third kappa shape index (κ3) is 5.44. The highest BCUT2D eigenvalue weighted by Crippen LogP contribution is 2.19. The Morgan fingerprint density at radius 2 is 2.00 bits per heavy atom. The van der Waals surface area contributed by atoms with Crippen LogP contribution in [-0.4, -0.2) is 26.2 Å². The van der Waals surface area contributed by atoms with E-state index in [0.717, 1.165) is 30.8 Å². The third-order valence-corrected chi connectivity index (χ3v) is 2.56. The van der Waals surface area contributed by atoms with Gasteiger partial charge in [0.25, 0.3) is 0 Å². The van der Waals surface area contributed by atoms with Gasteiger partial charge in [-0.15, -0.1) is 11.6 Å². The van der Waals surface area contributed by atoms with E-state index in [2.05, 4.69) is 11.8 Å². The van der Waals surface area contributed by atoms with E-state index < -0.39 is 0 Å². The summed E-state index contributed by atoms with van der Waals surface area (Å²) in [5, 5.41) is 0. The molecule has 0 fully saturated rings. The molecule has 0 spiro atoms. The standard InChI is InChI=1S/C15H19ClO2/c1-13-7-8-15(14(12-13)6-5-9-16)18-11-4-3-10-17-2/h7-8,12H,3-4,9-11H2,1-2H3. The second-order valence-electron chi connectivity index (χ2n) is 3.98. The lowest BCUT2D eigenvalue weighted by atomic mass is 10.1. The summed E-state index contributed by atoms with van der Waals surface area (Å²) in [4.78, 5) is 0. The molecule has 0 unspecified atom stereocenters. The highest BCUT2D eigenvalue weighted by Gasteiger charge is 2.01. The van der Waals surface area contributed by atoms with Crippen LogP contribution in [0.4, 0.5) is 0 Å². The molecule has 3 heteroatoms. The monoisotopic (exact) mass is 266 g/mol. The van der Waals surface area contributed by atoms with E-state index in [-0.39, 0.29) is 0 Å². The molecule has 0 bridgehead atoms. The van der Waals surface area contributed by atoms with Crippen molar-refractivity contribution < 1.29 is 9.47 Å². The zero-order valence-electron chi connectivity index (χ0n) is 11.0. The van der Waals surface area contributed by atoms with Crippen molar-refractivity contribution in [3.05, 3.63) is 29.3 Å². The van der Waals surface area contributed by atoms with Crippen molar-refractivity contribution >= 4 is 11.6 Å². The number of unbranched alkanes of at least 4 members (excludes halogenated alkanes) is 1. The SMILES string of the molecule is COCCCCOc1ccc(C)cc1C#CCCl. The number of halogens is 1. The molecule has 0 heterocycles. The van der Waals surface area contributed by atoms with Gasteiger partial charge >= 0.3 is 0 Å². The zero-order chi connectivity index (χ0) is 13.2. The molecule has 1 aromatic rings. The van der Waals surface area contributed by atoms with Gasteiger partial charge in [0, 0.05) is 13.7 Å². The second-order valence-corrected chi connectivity index (χ2v) is 4.25. The number of methoxy groups -OCH3 is 1. The number of hydrogen-bond acceptors (Lipinski definition) is 2. The van der Waals surface area contributed by atoms with E-state index in [0.29, 0.717) is 12.5 Å². The molecule has 0 saturated carbocycles. The summed E-state index contributed by atoms with van der Waals surface area (Å²) in [6.07, 6.45) is 1.98. The van der Waals surface area contributed by atoms with Gasteiger partial charge in [0.1, 0.15) is 5.75 Å². The fourth-order valence-corrected chi connectivity index (χ4v) is 1.59. The van der Waals surface area contributed by atoms with E-state index in [1.807, 2.05) is 25.1 Å². The van der Waals surface area contributed by atoms with Crippen molar-refractivity contribution in [3.63, 3.8) is 0 Å². The maximum atomic E-state index is 5.73. The largest absolute Gasteiger partial charge is 0.492 e. The molecular weight excluding hydrogens is 248 g/mol. The van der Waals surface area contributed by atoms with Crippen LogP contribution >= 0.6 is 11.6 Å². The van der Waals surface area contributed by atoms with Crippen molar-refractivity contribution in [2.75, 3.05) is 26.2 Å². The van der Waals surface area contributed by atoms with E-state index in [1.54, 1.807) is 7.11 Å². The highest BCUT2D eigenvalue weighted by molar-refractivity contribution is 6.19. The van der Waals surface area contributed by atoms with Crippen molar-refractivity contribution in [1.82, 2.24) is 0 Å². The second kappa shape index (κ2) is 8.85. The predicted octanol–water partition coefficient (Wildman–Crippen LogP) is 3.39. The first-order valence-corrected chi connectivity index (χ1v) is 6.58. The van der Waals surface area contributed by atoms with E-state index in [1.165, 1.54) is 5.56 Å². The normalized spacial score (nSPS) is 9.72. The molecule has 0 radical (unpaired) electrons. The predicted molar refractivity (Wildman–Crippen MR) is 75.4 cm³/mol. The summed E-state index contributed by atoms with van der Waals surface area (Å²) in [6, 6.07) is 6.00. The quantitative estimate of drug-likeness (QED) is 0.446. The van der Waals surface area contributed by atoms with Crippen molar-refractivity contribution in [1.29, 1.82) is 0 Å². The molecule has 0 aliphatic heterocycles. The van der Waals surface area contributed by atoms with Gasteiger partial charge in [-0.3, -0.25) is 0 Å². The number of ether oxygens (including phenoxy) is 2. The molecule has 1 aromatic carbocycles. The fourth-order valence-electron chi connectivity index (χ4n) is 1.53. The molecule has 0 atom stereocenters. The third-order valence-electron chi connectivity index (χ3n) is 2.43. The van der Waals surface area contributed by atoms with Crippen LogP contribution in [0, 0.1) is 18.8 Å². The average molecular weight is 267 g/mol. The first-order chi connectivity index (χ1) is 8.77. The van der Waals surface area contributed by atoms with Gasteiger partial charge in [-0.05, 0) is 37.5 Å². The molecule has 0 saturated heterocycles. The van der Waals surface area contributed by atoms with E-state index >= 15 is 0 Å². The van der Waals surface area contributed by atoms with Gasteiger partial charge in [0.15, 0.2) is 0 Å². The number of alkyl halides is 1. The summed E-state index contributed by atoms with van der Waals surface area (Å²) in [5.74, 6) is 7.05. The Hall–Kier alpha value is -1.17. The lowest BCUT2D eigenvalue weighted by Crippen LogP contribution is -2.01. The van der Waals surface area contributed by atoms with Crippen LogP contribution in [-0.2, 0) is 4.74 Å². The molecule has 2 nitrogen and oxygen atoms in total. The van der Waals surface area contributed by atoms with Crippen LogP contribution in [0.15, 0.2) is 18.2 Å². The smallest absolute Gasteiger partial charge is 0.134 e. The maximum Gasteiger partial charge on any atom is 0.134 e. The molecule has 0 aliphatic rings. The fraction of sp³-hybridized carbons (Fsp3) is 0.467. The minimum atomic E-state index is 0.335. The van der Waals surface area contributed by atoms with Gasteiger partial charge in [0.05, 0.1) is 18.1 Å². The topological polar surface area (TPSA) is 18.5 Å². The molecular formula is C15H19ClO2. The molecule has 0 aromatic heterocycles. The molecule has 1 rings (SSSR count). The Bertz CT molecular complexity index is 418. The average Bonchev–Trinajstić information content (AvgIpc) is 2.38. The van der Waals surface area contributed by atoms with Gasteiger partial charge < -0.3 is 9.47 Å². The van der Waals surface area contributed by atoms with Crippen LogP contribution in [0.1, 0.15) is 24.0 Å².